The second-order valence-electron chi connectivity index (χ2n) is 2.40. The average molecular weight is 399 g/mol. The number of halogens is 2. The third kappa shape index (κ3) is 4.91. The normalized spacial score (nSPS) is 10.8. The van der Waals surface area contributed by atoms with Crippen molar-refractivity contribution in [2.75, 3.05) is 0 Å². The Morgan fingerprint density at radius 2 is 2.00 bits per heavy atom. The molecule has 0 fully saturated rings. The Kier molecular flexibility index (Phi) is 6.76. The first-order valence-corrected chi connectivity index (χ1v) is 6.71. The van der Waals surface area contributed by atoms with Crippen LogP contribution in [-0.4, -0.2) is 13.0 Å². The Bertz CT molecular complexity index is 401. The van der Waals surface area contributed by atoms with Crippen LogP contribution in [0.25, 0.3) is 0 Å². The molecule has 0 aromatic heterocycles. The molecule has 1 aromatic rings. The van der Waals surface area contributed by atoms with E-state index in [0.717, 1.165) is 3.57 Å². The van der Waals surface area contributed by atoms with E-state index in [1.807, 2.05) is 22.6 Å². The minimum absolute atomic E-state index is 0. The van der Waals surface area contributed by atoms with Crippen molar-refractivity contribution in [2.24, 2.45) is 0 Å². The quantitative estimate of drug-likeness (QED) is 0.368. The van der Waals surface area contributed by atoms with Crippen LogP contribution in [0, 0.1) is 3.57 Å². The van der Waals surface area contributed by atoms with Gasteiger partial charge in [-0.3, -0.25) is 0 Å². The number of rotatable bonds is 2. The molecule has 1 rings (SSSR count). The van der Waals surface area contributed by atoms with Crippen LogP contribution < -0.4 is 29.6 Å². The standard InChI is InChI=1S/C7H6BrIO3S.Na/c8-6-2-1-3-7(9)5(6)4-13(10,11)12;/h1-3H,4H2,(H,10,11,12);/q;+1/p-1. The molecule has 0 atom stereocenters. The molecule has 0 saturated carbocycles. The molecule has 0 unspecified atom stereocenters. The first kappa shape index (κ1) is 15.3. The molecule has 7 heteroatoms. The summed E-state index contributed by atoms with van der Waals surface area (Å²) in [7, 11) is -4.21. The van der Waals surface area contributed by atoms with Crippen LogP contribution >= 0.6 is 38.5 Å². The van der Waals surface area contributed by atoms with Gasteiger partial charge in [0, 0.05) is 8.04 Å². The molecular formula is C7H5BrINaO3S. The van der Waals surface area contributed by atoms with Crippen molar-refractivity contribution in [3.63, 3.8) is 0 Å². The second kappa shape index (κ2) is 6.17. The number of hydrogen-bond donors (Lipinski definition) is 0. The maximum atomic E-state index is 10.5. The molecule has 0 amide bonds. The summed E-state index contributed by atoms with van der Waals surface area (Å²) >= 11 is 5.18. The largest absolute Gasteiger partial charge is 1.00 e. The molecule has 0 radical (unpaired) electrons. The van der Waals surface area contributed by atoms with Gasteiger partial charge in [-0.25, -0.2) is 8.42 Å². The van der Waals surface area contributed by atoms with Crippen LogP contribution in [0.1, 0.15) is 5.56 Å². The maximum absolute atomic E-state index is 10.5. The van der Waals surface area contributed by atoms with Gasteiger partial charge in [-0.1, -0.05) is 22.0 Å². The maximum Gasteiger partial charge on any atom is 1.00 e. The first-order chi connectivity index (χ1) is 5.90. The Labute approximate surface area is 127 Å². The van der Waals surface area contributed by atoms with E-state index in [1.54, 1.807) is 18.2 Å². The van der Waals surface area contributed by atoms with Gasteiger partial charge in [-0.2, -0.15) is 0 Å². The molecule has 0 aliphatic heterocycles. The van der Waals surface area contributed by atoms with Crippen LogP contribution in [0.3, 0.4) is 0 Å². The van der Waals surface area contributed by atoms with Gasteiger partial charge in [0.2, 0.25) is 0 Å². The summed E-state index contributed by atoms with van der Waals surface area (Å²) in [5.74, 6) is -0.466. The zero-order valence-electron chi connectivity index (χ0n) is 7.33. The number of hydrogen-bond acceptors (Lipinski definition) is 3. The average Bonchev–Trinajstić information content (AvgIpc) is 1.95. The molecule has 14 heavy (non-hydrogen) atoms. The monoisotopic (exact) mass is 398 g/mol. The van der Waals surface area contributed by atoms with E-state index in [1.165, 1.54) is 0 Å². The molecule has 0 bridgehead atoms. The van der Waals surface area contributed by atoms with Crippen molar-refractivity contribution in [1.29, 1.82) is 0 Å². The molecule has 0 spiro atoms. The molecule has 0 saturated heterocycles. The Hall–Kier alpha value is 1.34. The van der Waals surface area contributed by atoms with E-state index in [0.29, 0.717) is 10.0 Å². The molecule has 0 aliphatic carbocycles. The van der Waals surface area contributed by atoms with Gasteiger partial charge < -0.3 is 4.55 Å². The van der Waals surface area contributed by atoms with Gasteiger partial charge in [0.1, 0.15) is 0 Å². The van der Waals surface area contributed by atoms with Crippen LogP contribution in [0.4, 0.5) is 0 Å². The first-order valence-electron chi connectivity index (χ1n) is 3.26. The Morgan fingerprint density at radius 1 is 1.43 bits per heavy atom. The van der Waals surface area contributed by atoms with Crippen molar-refractivity contribution in [1.82, 2.24) is 0 Å². The van der Waals surface area contributed by atoms with E-state index in [-0.39, 0.29) is 29.6 Å². The summed E-state index contributed by atoms with van der Waals surface area (Å²) in [6.07, 6.45) is 0. The summed E-state index contributed by atoms with van der Waals surface area (Å²) in [6, 6.07) is 5.25. The fourth-order valence-electron chi connectivity index (χ4n) is 0.847. The summed E-state index contributed by atoms with van der Waals surface area (Å²) in [5, 5.41) is 0. The fraction of sp³-hybridized carbons (Fsp3) is 0.143. The fourth-order valence-corrected chi connectivity index (χ4v) is 3.52. The smallest absolute Gasteiger partial charge is 0.748 e. The van der Waals surface area contributed by atoms with Crippen molar-refractivity contribution in [3.8, 4) is 0 Å². The summed E-state index contributed by atoms with van der Waals surface area (Å²) in [4.78, 5) is 0. The van der Waals surface area contributed by atoms with E-state index in [2.05, 4.69) is 15.9 Å². The molecular weight excluding hydrogens is 394 g/mol. The van der Waals surface area contributed by atoms with E-state index >= 15 is 0 Å². The van der Waals surface area contributed by atoms with Crippen LogP contribution in [0.15, 0.2) is 22.7 Å². The third-order valence-corrected chi connectivity index (χ3v) is 3.78. The van der Waals surface area contributed by atoms with Crippen LogP contribution in [0.2, 0.25) is 0 Å². The molecule has 72 valence electrons. The van der Waals surface area contributed by atoms with Gasteiger partial charge in [0.25, 0.3) is 0 Å². The van der Waals surface area contributed by atoms with Crippen molar-refractivity contribution < 1.29 is 42.5 Å². The predicted octanol–water partition coefficient (Wildman–Crippen LogP) is -0.897. The molecule has 0 aliphatic rings. The topological polar surface area (TPSA) is 57.2 Å². The van der Waals surface area contributed by atoms with Crippen molar-refractivity contribution in [2.45, 2.75) is 5.75 Å². The zero-order valence-corrected chi connectivity index (χ0v) is 13.9. The molecule has 0 N–H and O–H groups in total. The summed E-state index contributed by atoms with van der Waals surface area (Å²) in [6.45, 7) is 0. The SMILES string of the molecule is O=S(=O)([O-])Cc1c(Br)cccc1I.[Na+]. The summed E-state index contributed by atoms with van der Waals surface area (Å²) in [5.41, 5.74) is 0.526. The van der Waals surface area contributed by atoms with Crippen LogP contribution in [-0.2, 0) is 15.9 Å². The Morgan fingerprint density at radius 3 is 2.43 bits per heavy atom. The van der Waals surface area contributed by atoms with E-state index in [4.69, 9.17) is 0 Å². The van der Waals surface area contributed by atoms with Crippen molar-refractivity contribution >= 4 is 48.6 Å². The van der Waals surface area contributed by atoms with Crippen LogP contribution in [0.5, 0.6) is 0 Å². The van der Waals surface area contributed by atoms with E-state index in [9.17, 15) is 13.0 Å². The predicted molar refractivity (Wildman–Crippen MR) is 60.3 cm³/mol. The Balaban J connectivity index is 0.00000169. The van der Waals surface area contributed by atoms with Crippen molar-refractivity contribution in [3.05, 3.63) is 31.8 Å². The minimum atomic E-state index is -4.21. The molecule has 0 heterocycles. The van der Waals surface area contributed by atoms with Gasteiger partial charge >= 0.3 is 29.6 Å². The van der Waals surface area contributed by atoms with Gasteiger partial charge in [0.15, 0.2) is 0 Å². The zero-order chi connectivity index (χ0) is 10.1. The third-order valence-electron chi connectivity index (χ3n) is 1.38. The number of benzene rings is 1. The summed E-state index contributed by atoms with van der Waals surface area (Å²) < 4.78 is 33.0. The van der Waals surface area contributed by atoms with E-state index < -0.39 is 15.9 Å². The van der Waals surface area contributed by atoms with Gasteiger partial charge in [0.05, 0.1) is 15.9 Å². The second-order valence-corrected chi connectivity index (χ2v) is 5.82. The molecule has 1 aromatic carbocycles. The molecule has 3 nitrogen and oxygen atoms in total. The van der Waals surface area contributed by atoms with Gasteiger partial charge in [-0.15, -0.1) is 0 Å². The minimum Gasteiger partial charge on any atom is -0.748 e. The van der Waals surface area contributed by atoms with Gasteiger partial charge in [-0.05, 0) is 40.3 Å².